The van der Waals surface area contributed by atoms with Crippen LogP contribution in [0, 0.1) is 0 Å². The Morgan fingerprint density at radius 2 is 2.38 bits per heavy atom. The highest BCUT2D eigenvalue weighted by Gasteiger charge is 2.15. The van der Waals surface area contributed by atoms with Gasteiger partial charge in [-0.25, -0.2) is 0 Å². The van der Waals surface area contributed by atoms with E-state index in [-0.39, 0.29) is 6.04 Å². The third kappa shape index (κ3) is 3.24. The standard InChI is InChI=1S/C13H19NOS/c1-10(14)11-4-2-5-12(8-11)16-13-6-3-7-15-9-13/h2,4-5,8,10,13H,3,6-7,9,14H2,1H3. The van der Waals surface area contributed by atoms with E-state index in [1.165, 1.54) is 23.3 Å². The molecule has 2 unspecified atom stereocenters. The molecular weight excluding hydrogens is 218 g/mol. The van der Waals surface area contributed by atoms with E-state index in [9.17, 15) is 0 Å². The molecule has 2 N–H and O–H groups in total. The van der Waals surface area contributed by atoms with E-state index < -0.39 is 0 Å². The zero-order chi connectivity index (χ0) is 11.4. The Hall–Kier alpha value is -0.510. The molecule has 16 heavy (non-hydrogen) atoms. The van der Waals surface area contributed by atoms with Crippen molar-refractivity contribution in [3.63, 3.8) is 0 Å². The van der Waals surface area contributed by atoms with Crippen LogP contribution in [-0.2, 0) is 4.74 Å². The minimum absolute atomic E-state index is 0.114. The van der Waals surface area contributed by atoms with E-state index in [2.05, 4.69) is 24.3 Å². The molecular formula is C13H19NOS. The lowest BCUT2D eigenvalue weighted by Crippen LogP contribution is -2.19. The average Bonchev–Trinajstić information content (AvgIpc) is 2.30. The Labute approximate surface area is 102 Å². The maximum atomic E-state index is 5.88. The summed E-state index contributed by atoms with van der Waals surface area (Å²) in [7, 11) is 0. The van der Waals surface area contributed by atoms with Crippen LogP contribution in [0.4, 0.5) is 0 Å². The molecule has 0 bridgehead atoms. The second kappa shape index (κ2) is 5.71. The highest BCUT2D eigenvalue weighted by Crippen LogP contribution is 2.29. The van der Waals surface area contributed by atoms with Crippen molar-refractivity contribution < 1.29 is 4.74 Å². The van der Waals surface area contributed by atoms with Crippen LogP contribution >= 0.6 is 11.8 Å². The molecule has 1 heterocycles. The summed E-state index contributed by atoms with van der Waals surface area (Å²) in [5.41, 5.74) is 7.09. The van der Waals surface area contributed by atoms with Gasteiger partial charge in [-0.15, -0.1) is 11.8 Å². The summed E-state index contributed by atoms with van der Waals surface area (Å²) < 4.78 is 5.49. The first-order valence-corrected chi connectivity index (χ1v) is 6.73. The van der Waals surface area contributed by atoms with E-state index >= 15 is 0 Å². The topological polar surface area (TPSA) is 35.2 Å². The highest BCUT2D eigenvalue weighted by molar-refractivity contribution is 8.00. The maximum absolute atomic E-state index is 5.88. The molecule has 0 radical (unpaired) electrons. The number of nitrogens with two attached hydrogens (primary N) is 1. The molecule has 1 fully saturated rings. The van der Waals surface area contributed by atoms with E-state index in [0.717, 1.165) is 13.2 Å². The molecule has 2 atom stereocenters. The van der Waals surface area contributed by atoms with Gasteiger partial charge in [0, 0.05) is 22.8 Å². The summed E-state index contributed by atoms with van der Waals surface area (Å²) in [6.45, 7) is 3.83. The van der Waals surface area contributed by atoms with Crippen LogP contribution in [-0.4, -0.2) is 18.5 Å². The summed E-state index contributed by atoms with van der Waals surface area (Å²) in [6, 6.07) is 8.65. The zero-order valence-electron chi connectivity index (χ0n) is 9.69. The number of thioether (sulfide) groups is 1. The first-order chi connectivity index (χ1) is 7.75. The van der Waals surface area contributed by atoms with E-state index in [0.29, 0.717) is 5.25 Å². The summed E-state index contributed by atoms with van der Waals surface area (Å²) in [5, 5.41) is 0.608. The number of benzene rings is 1. The molecule has 1 aromatic carbocycles. The molecule has 3 heteroatoms. The second-order valence-corrected chi connectivity index (χ2v) is 5.69. The summed E-state index contributed by atoms with van der Waals surface area (Å²) in [6.07, 6.45) is 2.44. The molecule has 0 aromatic heterocycles. The largest absolute Gasteiger partial charge is 0.380 e. The predicted octanol–water partition coefficient (Wildman–Crippen LogP) is 2.98. The van der Waals surface area contributed by atoms with Crippen LogP contribution in [0.1, 0.15) is 31.4 Å². The Morgan fingerprint density at radius 1 is 1.50 bits per heavy atom. The zero-order valence-corrected chi connectivity index (χ0v) is 10.5. The van der Waals surface area contributed by atoms with Gasteiger partial charge in [0.1, 0.15) is 0 Å². The first kappa shape index (κ1) is 12.0. The van der Waals surface area contributed by atoms with Gasteiger partial charge in [0.2, 0.25) is 0 Å². The minimum Gasteiger partial charge on any atom is -0.380 e. The Balaban J connectivity index is 2.00. The number of hydrogen-bond acceptors (Lipinski definition) is 3. The fraction of sp³-hybridized carbons (Fsp3) is 0.538. The van der Waals surface area contributed by atoms with Crippen LogP contribution in [0.25, 0.3) is 0 Å². The monoisotopic (exact) mass is 237 g/mol. The lowest BCUT2D eigenvalue weighted by Gasteiger charge is -2.21. The SMILES string of the molecule is CC(N)c1cccc(SC2CCCOC2)c1. The average molecular weight is 237 g/mol. The quantitative estimate of drug-likeness (QED) is 0.877. The highest BCUT2D eigenvalue weighted by atomic mass is 32.2. The maximum Gasteiger partial charge on any atom is 0.0588 e. The third-order valence-corrected chi connectivity index (χ3v) is 4.04. The molecule has 1 aliphatic heterocycles. The fourth-order valence-electron chi connectivity index (χ4n) is 1.87. The van der Waals surface area contributed by atoms with Crippen molar-refractivity contribution in [1.82, 2.24) is 0 Å². The first-order valence-electron chi connectivity index (χ1n) is 5.85. The van der Waals surface area contributed by atoms with Gasteiger partial charge in [-0.05, 0) is 37.5 Å². The lowest BCUT2D eigenvalue weighted by molar-refractivity contribution is 0.101. The summed E-state index contributed by atoms with van der Waals surface area (Å²) >= 11 is 1.92. The molecule has 88 valence electrons. The molecule has 0 saturated carbocycles. The molecule has 1 saturated heterocycles. The van der Waals surface area contributed by atoms with Crippen molar-refractivity contribution in [3.8, 4) is 0 Å². The van der Waals surface area contributed by atoms with Crippen LogP contribution in [0.2, 0.25) is 0 Å². The second-order valence-electron chi connectivity index (χ2n) is 4.32. The molecule has 1 aliphatic rings. The van der Waals surface area contributed by atoms with Crippen LogP contribution in [0.3, 0.4) is 0 Å². The van der Waals surface area contributed by atoms with Gasteiger partial charge in [-0.2, -0.15) is 0 Å². The molecule has 0 aliphatic carbocycles. The van der Waals surface area contributed by atoms with Gasteiger partial charge in [-0.3, -0.25) is 0 Å². The normalized spacial score (nSPS) is 23.0. The van der Waals surface area contributed by atoms with Crippen molar-refractivity contribution in [2.75, 3.05) is 13.2 Å². The van der Waals surface area contributed by atoms with Crippen LogP contribution < -0.4 is 5.73 Å². The van der Waals surface area contributed by atoms with Crippen molar-refractivity contribution in [3.05, 3.63) is 29.8 Å². The van der Waals surface area contributed by atoms with Crippen LogP contribution in [0.5, 0.6) is 0 Å². The predicted molar refractivity (Wildman–Crippen MR) is 68.7 cm³/mol. The summed E-state index contributed by atoms with van der Waals surface area (Å²) in [4.78, 5) is 1.31. The Bertz CT molecular complexity index is 334. The van der Waals surface area contributed by atoms with Gasteiger partial charge in [0.25, 0.3) is 0 Å². The molecule has 0 spiro atoms. The van der Waals surface area contributed by atoms with Gasteiger partial charge >= 0.3 is 0 Å². The van der Waals surface area contributed by atoms with E-state index in [1.54, 1.807) is 0 Å². The third-order valence-electron chi connectivity index (χ3n) is 2.81. The van der Waals surface area contributed by atoms with Gasteiger partial charge in [0.05, 0.1) is 6.61 Å². The van der Waals surface area contributed by atoms with Crippen LogP contribution in [0.15, 0.2) is 29.2 Å². The number of rotatable bonds is 3. The van der Waals surface area contributed by atoms with Crippen molar-refractivity contribution in [2.24, 2.45) is 5.73 Å². The summed E-state index contributed by atoms with van der Waals surface area (Å²) in [5.74, 6) is 0. The molecule has 1 aromatic rings. The van der Waals surface area contributed by atoms with Gasteiger partial charge in [0.15, 0.2) is 0 Å². The lowest BCUT2D eigenvalue weighted by atomic mass is 10.1. The van der Waals surface area contributed by atoms with Gasteiger partial charge in [-0.1, -0.05) is 12.1 Å². The minimum atomic E-state index is 0.114. The molecule has 2 nitrogen and oxygen atoms in total. The number of hydrogen-bond donors (Lipinski definition) is 1. The Morgan fingerprint density at radius 3 is 3.06 bits per heavy atom. The van der Waals surface area contributed by atoms with Gasteiger partial charge < -0.3 is 10.5 Å². The molecule has 0 amide bonds. The fourth-order valence-corrected chi connectivity index (χ4v) is 3.06. The smallest absolute Gasteiger partial charge is 0.0588 e. The molecule has 2 rings (SSSR count). The van der Waals surface area contributed by atoms with E-state index in [1.807, 2.05) is 18.7 Å². The van der Waals surface area contributed by atoms with Crippen molar-refractivity contribution in [1.29, 1.82) is 0 Å². The van der Waals surface area contributed by atoms with E-state index in [4.69, 9.17) is 10.5 Å². The van der Waals surface area contributed by atoms with Crippen molar-refractivity contribution in [2.45, 2.75) is 36.0 Å². The Kier molecular flexibility index (Phi) is 4.27. The number of ether oxygens (including phenoxy) is 1. The van der Waals surface area contributed by atoms with Crippen molar-refractivity contribution >= 4 is 11.8 Å².